The topological polar surface area (TPSA) is 82.4 Å². The Morgan fingerprint density at radius 2 is 2.15 bits per heavy atom. The number of carbonyl (C=O) groups is 2. The molecule has 0 bridgehead atoms. The van der Waals surface area contributed by atoms with Crippen molar-refractivity contribution in [1.29, 1.82) is 0 Å². The number of amides is 1. The second-order valence-electron chi connectivity index (χ2n) is 3.97. The molecule has 1 heterocycles. The first kappa shape index (κ1) is 14.0. The van der Waals surface area contributed by atoms with Crippen LogP contribution < -0.4 is 15.5 Å². The second-order valence-corrected chi connectivity index (χ2v) is 4.37. The highest BCUT2D eigenvalue weighted by Crippen LogP contribution is 2.21. The molecule has 6 nitrogen and oxygen atoms in total. The van der Waals surface area contributed by atoms with Crippen molar-refractivity contribution in [2.24, 2.45) is 0 Å². The van der Waals surface area contributed by atoms with E-state index in [1.54, 1.807) is 0 Å². The van der Waals surface area contributed by atoms with Gasteiger partial charge in [-0.15, -0.1) is 0 Å². The van der Waals surface area contributed by atoms with E-state index in [2.05, 4.69) is 0 Å². The maximum Gasteiger partial charge on any atom is 0.228 e. The lowest BCUT2D eigenvalue weighted by Crippen LogP contribution is -2.35. The number of nitrogens with zero attached hydrogens (tertiary/aromatic N) is 2. The molecule has 0 saturated heterocycles. The number of pyridine rings is 1. The summed E-state index contributed by atoms with van der Waals surface area (Å²) in [5.74, 6) is -2.59. The average Bonchev–Trinajstić information content (AvgIpc) is 2.40. The van der Waals surface area contributed by atoms with E-state index in [0.717, 1.165) is 28.0 Å². The maximum atomic E-state index is 13.4. The Bertz CT molecular complexity index is 787. The molecule has 0 aliphatic carbocycles. The molecule has 0 N–H and O–H groups in total. The van der Waals surface area contributed by atoms with Gasteiger partial charge in [-0.1, -0.05) is 11.6 Å². The van der Waals surface area contributed by atoms with Gasteiger partial charge in [0.15, 0.2) is 5.43 Å². The van der Waals surface area contributed by atoms with Gasteiger partial charge in [-0.3, -0.25) is 19.3 Å². The first-order valence-electron chi connectivity index (χ1n) is 5.31. The summed E-state index contributed by atoms with van der Waals surface area (Å²) in [5, 5.41) is 11.4. The Balaban J connectivity index is 3.00. The van der Waals surface area contributed by atoms with Crippen LogP contribution in [-0.4, -0.2) is 24.1 Å². The van der Waals surface area contributed by atoms with Crippen LogP contribution in [0.4, 0.5) is 4.39 Å². The highest BCUT2D eigenvalue weighted by atomic mass is 35.5. The minimum Gasteiger partial charge on any atom is -0.545 e. The van der Waals surface area contributed by atoms with Crippen molar-refractivity contribution in [1.82, 2.24) is 4.68 Å². The van der Waals surface area contributed by atoms with Crippen molar-refractivity contribution in [3.8, 4) is 0 Å². The van der Waals surface area contributed by atoms with Gasteiger partial charge in [-0.2, -0.15) is 0 Å². The van der Waals surface area contributed by atoms with E-state index >= 15 is 0 Å². The van der Waals surface area contributed by atoms with Gasteiger partial charge < -0.3 is 9.90 Å². The molecule has 0 fully saturated rings. The Labute approximate surface area is 116 Å². The lowest BCUT2D eigenvalue weighted by molar-refractivity contribution is -0.255. The van der Waals surface area contributed by atoms with Gasteiger partial charge in [0.1, 0.15) is 5.82 Å². The van der Waals surface area contributed by atoms with Crippen LogP contribution in [-0.2, 0) is 4.79 Å². The molecule has 0 radical (unpaired) electrons. The molecule has 2 rings (SSSR count). The van der Waals surface area contributed by atoms with E-state index in [4.69, 9.17) is 11.6 Å². The third-order valence-corrected chi connectivity index (χ3v) is 3.03. The van der Waals surface area contributed by atoms with Crippen molar-refractivity contribution >= 4 is 34.9 Å². The molecular weight excluding hydrogens is 291 g/mol. The lowest BCUT2D eigenvalue weighted by Gasteiger charge is -2.20. The highest BCUT2D eigenvalue weighted by molar-refractivity contribution is 6.31. The normalized spacial score (nSPS) is 10.6. The molecule has 0 atom stereocenters. The van der Waals surface area contributed by atoms with Gasteiger partial charge in [-0.05, 0) is 12.1 Å². The van der Waals surface area contributed by atoms with E-state index in [9.17, 15) is 23.9 Å². The fraction of sp³-hybridized carbons (Fsp3) is 0.0833. The van der Waals surface area contributed by atoms with Crippen LogP contribution in [0.5, 0.6) is 0 Å². The summed E-state index contributed by atoms with van der Waals surface area (Å²) in [4.78, 5) is 33.7. The van der Waals surface area contributed by atoms with Gasteiger partial charge >= 0.3 is 0 Å². The number of hydrogen-bond acceptors (Lipinski definition) is 4. The van der Waals surface area contributed by atoms with Crippen molar-refractivity contribution in [3.05, 3.63) is 45.0 Å². The van der Waals surface area contributed by atoms with Crippen LogP contribution in [0.2, 0.25) is 5.02 Å². The second kappa shape index (κ2) is 4.93. The monoisotopic (exact) mass is 297 g/mol. The number of aromatic nitrogens is 1. The number of halogens is 2. The van der Waals surface area contributed by atoms with Crippen LogP contribution in [0.1, 0.15) is 10.4 Å². The Morgan fingerprint density at radius 1 is 1.50 bits per heavy atom. The Kier molecular flexibility index (Phi) is 3.46. The molecule has 1 amide bonds. The van der Waals surface area contributed by atoms with E-state index in [1.165, 1.54) is 7.05 Å². The number of fused-ring (bicyclic) bond motifs is 1. The smallest absolute Gasteiger partial charge is 0.228 e. The third kappa shape index (κ3) is 2.12. The zero-order valence-corrected chi connectivity index (χ0v) is 10.8. The maximum absolute atomic E-state index is 13.4. The quantitative estimate of drug-likeness (QED) is 0.740. The largest absolute Gasteiger partial charge is 0.545 e. The van der Waals surface area contributed by atoms with E-state index < -0.39 is 22.8 Å². The minimum absolute atomic E-state index is 0.0981. The minimum atomic E-state index is -1.72. The van der Waals surface area contributed by atoms with Gasteiger partial charge in [-0.25, -0.2) is 4.39 Å². The summed E-state index contributed by atoms with van der Waals surface area (Å²) in [5.41, 5.74) is -1.50. The predicted octanol–water partition coefficient (Wildman–Crippen LogP) is -0.118. The van der Waals surface area contributed by atoms with Crippen LogP contribution in [0, 0.1) is 5.82 Å². The van der Waals surface area contributed by atoms with Gasteiger partial charge in [0.25, 0.3) is 0 Å². The average molecular weight is 298 g/mol. The lowest BCUT2D eigenvalue weighted by atomic mass is 10.1. The molecule has 1 aromatic carbocycles. The highest BCUT2D eigenvalue weighted by Gasteiger charge is 2.14. The standard InChI is InChI=1S/C12H8ClFN2O4/c1-15(5-17)16-4-7(12(19)20)11(18)6-2-9(14)8(13)3-10(6)16/h2-5H,1H3,(H,19,20)/p-1. The molecule has 1 aromatic heterocycles. The number of carbonyl (C=O) groups excluding carboxylic acids is 2. The van der Waals surface area contributed by atoms with Crippen LogP contribution in [0.25, 0.3) is 10.9 Å². The summed E-state index contributed by atoms with van der Waals surface area (Å²) < 4.78 is 14.5. The number of benzene rings is 1. The fourth-order valence-electron chi connectivity index (χ4n) is 1.76. The molecule has 0 aliphatic heterocycles. The molecule has 0 saturated carbocycles. The summed E-state index contributed by atoms with van der Waals surface area (Å²) in [6.07, 6.45) is 1.31. The van der Waals surface area contributed by atoms with E-state index in [1.807, 2.05) is 0 Å². The third-order valence-electron chi connectivity index (χ3n) is 2.74. The number of rotatable bonds is 3. The molecule has 2 aromatic rings. The number of carboxylic acids is 1. The molecule has 0 unspecified atom stereocenters. The van der Waals surface area contributed by atoms with Crippen molar-refractivity contribution in [2.75, 3.05) is 12.1 Å². The van der Waals surface area contributed by atoms with Gasteiger partial charge in [0, 0.05) is 13.2 Å². The van der Waals surface area contributed by atoms with Crippen LogP contribution in [0.3, 0.4) is 0 Å². The van der Waals surface area contributed by atoms with Crippen LogP contribution in [0.15, 0.2) is 23.1 Å². The predicted molar refractivity (Wildman–Crippen MR) is 67.7 cm³/mol. The summed E-state index contributed by atoms with van der Waals surface area (Å²) >= 11 is 5.64. The van der Waals surface area contributed by atoms with Crippen molar-refractivity contribution in [3.63, 3.8) is 0 Å². The zero-order chi connectivity index (χ0) is 15.0. The molecule has 0 aliphatic rings. The van der Waals surface area contributed by atoms with Crippen LogP contribution >= 0.6 is 11.6 Å². The first-order chi connectivity index (χ1) is 9.36. The summed E-state index contributed by atoms with van der Waals surface area (Å²) in [6, 6.07) is 1.95. The zero-order valence-electron chi connectivity index (χ0n) is 10.1. The first-order valence-corrected chi connectivity index (χ1v) is 5.68. The fourth-order valence-corrected chi connectivity index (χ4v) is 1.92. The summed E-state index contributed by atoms with van der Waals surface area (Å²) in [7, 11) is 1.33. The van der Waals surface area contributed by atoms with Gasteiger partial charge in [0.05, 0.1) is 27.5 Å². The molecule has 20 heavy (non-hydrogen) atoms. The summed E-state index contributed by atoms with van der Waals surface area (Å²) in [6.45, 7) is 0. The Hall–Kier alpha value is -2.41. The number of hydrogen-bond donors (Lipinski definition) is 0. The number of aromatic carboxylic acids is 1. The van der Waals surface area contributed by atoms with E-state index in [-0.39, 0.29) is 15.9 Å². The van der Waals surface area contributed by atoms with E-state index in [0.29, 0.717) is 6.41 Å². The SMILES string of the molecule is CN(C=O)n1cc(C(=O)[O-])c(=O)c2cc(F)c(Cl)cc21. The molecule has 0 spiro atoms. The molecule has 104 valence electrons. The molecular formula is C12H7ClFN2O4-. The Morgan fingerprint density at radius 3 is 2.70 bits per heavy atom. The molecule has 8 heteroatoms. The van der Waals surface area contributed by atoms with Crippen molar-refractivity contribution in [2.45, 2.75) is 0 Å². The number of carboxylic acid groups (broad SMARTS) is 1. The van der Waals surface area contributed by atoms with Crippen molar-refractivity contribution < 1.29 is 19.1 Å². The van der Waals surface area contributed by atoms with Gasteiger partial charge in [0.2, 0.25) is 6.41 Å².